The second-order valence-corrected chi connectivity index (χ2v) is 19.8. The van der Waals surface area contributed by atoms with Crippen LogP contribution in [0, 0.1) is 0 Å². The SMILES string of the molecule is CCOC(=O)C1(N)Cc2ccccc2C1.CCOC(=O)C1(NC(=O)c2cccc3cccnc23)Cc2ccccc2C1.O=C(NC1(C(=O)O)Cc2ccccc2C1)c1cccc2cccnc12.O=C(O)c1cccc2cccnc12. The van der Waals surface area contributed by atoms with Gasteiger partial charge in [-0.15, -0.1) is 0 Å². The summed E-state index contributed by atoms with van der Waals surface area (Å²) in [5, 5.41) is 27.0. The molecular formula is C64H58N6O10. The Morgan fingerprint density at radius 2 is 0.762 bits per heavy atom. The van der Waals surface area contributed by atoms with E-state index in [1.807, 2.05) is 121 Å². The van der Waals surface area contributed by atoms with Crippen LogP contribution >= 0.6 is 0 Å². The number of pyridine rings is 3. The van der Waals surface area contributed by atoms with Crippen molar-refractivity contribution in [3.05, 3.63) is 232 Å². The second kappa shape index (κ2) is 23.9. The van der Waals surface area contributed by atoms with Crippen molar-refractivity contribution in [3.8, 4) is 0 Å². The zero-order valence-electron chi connectivity index (χ0n) is 44.1. The van der Waals surface area contributed by atoms with E-state index >= 15 is 0 Å². The number of fused-ring (bicyclic) bond motifs is 6. The smallest absolute Gasteiger partial charge is 0.337 e. The van der Waals surface area contributed by atoms with E-state index in [0.717, 1.165) is 49.5 Å². The number of nitrogens with zero attached hydrogens (tertiary/aromatic N) is 3. The number of nitrogens with one attached hydrogen (secondary N) is 2. The highest BCUT2D eigenvalue weighted by Crippen LogP contribution is 2.34. The fourth-order valence-electron chi connectivity index (χ4n) is 10.6. The van der Waals surface area contributed by atoms with Gasteiger partial charge >= 0.3 is 23.9 Å². The molecule has 0 saturated heterocycles. The van der Waals surface area contributed by atoms with Crippen LogP contribution in [-0.2, 0) is 62.4 Å². The summed E-state index contributed by atoms with van der Waals surface area (Å²) in [4.78, 5) is 85.9. The molecule has 0 unspecified atom stereocenters. The van der Waals surface area contributed by atoms with Crippen LogP contribution in [0.1, 0.15) is 78.3 Å². The molecule has 0 spiro atoms. The molecule has 6 N–H and O–H groups in total. The Morgan fingerprint density at radius 1 is 0.438 bits per heavy atom. The highest BCUT2D eigenvalue weighted by molar-refractivity contribution is 6.08. The van der Waals surface area contributed by atoms with Gasteiger partial charge in [-0.25, -0.2) is 14.4 Å². The van der Waals surface area contributed by atoms with Crippen LogP contribution in [0.15, 0.2) is 182 Å². The molecule has 16 heteroatoms. The molecule has 9 aromatic rings. The molecule has 6 aromatic carbocycles. The van der Waals surface area contributed by atoms with Crippen molar-refractivity contribution >= 4 is 68.4 Å². The number of hydrogen-bond acceptors (Lipinski definition) is 12. The minimum absolute atomic E-state index is 0.248. The van der Waals surface area contributed by atoms with E-state index in [-0.39, 0.29) is 36.9 Å². The van der Waals surface area contributed by atoms with Crippen LogP contribution in [0.4, 0.5) is 0 Å². The predicted octanol–water partition coefficient (Wildman–Crippen LogP) is 8.63. The van der Waals surface area contributed by atoms with Crippen molar-refractivity contribution < 1.29 is 48.5 Å². The van der Waals surface area contributed by atoms with E-state index in [1.165, 1.54) is 0 Å². The van der Waals surface area contributed by atoms with Gasteiger partial charge in [-0.3, -0.25) is 29.3 Å². The van der Waals surface area contributed by atoms with Gasteiger partial charge in [0.15, 0.2) is 0 Å². The molecule has 3 aliphatic rings. The summed E-state index contributed by atoms with van der Waals surface area (Å²) in [6.45, 7) is 4.21. The minimum Gasteiger partial charge on any atom is -0.479 e. The van der Waals surface area contributed by atoms with Gasteiger partial charge in [0.05, 0.1) is 46.5 Å². The number of ether oxygens (including phenoxy) is 2. The number of para-hydroxylation sites is 3. The monoisotopic (exact) mass is 1070 g/mol. The summed E-state index contributed by atoms with van der Waals surface area (Å²) in [6.07, 6.45) is 7.45. The lowest BCUT2D eigenvalue weighted by Gasteiger charge is -2.28. The standard InChI is InChI=1S/C22H20N2O3.C20H16N2O3.C12H15NO2.C10H7NO2/c1-2-27-21(26)22(13-16-7-3-4-8-17(16)14-22)24-20(25)18-11-5-9-15-10-6-12-23-19(15)18;23-18(16-9-3-7-13-8-4-10-21-17(13)16)22-20(19(24)25)11-14-5-1-2-6-15(14)12-20;1-2-15-11(14)12(13)7-9-5-3-4-6-10(9)8-12;12-10(13)8-5-1-3-7-4-2-6-11-9(7)8/h3-12H,2,13-14H2,1H3,(H,24,25);1-10H,11-12H2,(H,22,23)(H,24,25);3-6H,2,7-8,13H2,1H3;1-6H,(H,12,13). The number of rotatable bonds is 10. The van der Waals surface area contributed by atoms with E-state index in [4.69, 9.17) is 20.3 Å². The van der Waals surface area contributed by atoms with Crippen molar-refractivity contribution in [2.45, 2.75) is 69.0 Å². The van der Waals surface area contributed by atoms with Gasteiger partial charge in [0, 0.05) is 73.3 Å². The third-order valence-corrected chi connectivity index (χ3v) is 14.4. The fourth-order valence-corrected chi connectivity index (χ4v) is 10.6. The van der Waals surface area contributed by atoms with Gasteiger partial charge in [0.2, 0.25) is 0 Å². The molecule has 0 saturated carbocycles. The summed E-state index contributed by atoms with van der Waals surface area (Å²) in [5.41, 5.74) is 12.0. The Hall–Kier alpha value is -9.67. The number of esters is 2. The minimum atomic E-state index is -1.32. The number of carbonyl (C=O) groups is 6. The van der Waals surface area contributed by atoms with E-state index in [0.29, 0.717) is 60.0 Å². The Balaban J connectivity index is 0.000000135. The zero-order chi connectivity index (χ0) is 56.4. The maximum absolute atomic E-state index is 13.1. The number of benzene rings is 6. The second-order valence-electron chi connectivity index (χ2n) is 19.8. The molecule has 0 fully saturated rings. The molecule has 12 rings (SSSR count). The number of aromatic carboxylic acids is 1. The molecular weight excluding hydrogens is 1010 g/mol. The molecule has 3 aromatic heterocycles. The van der Waals surface area contributed by atoms with Crippen molar-refractivity contribution in [2.24, 2.45) is 5.73 Å². The van der Waals surface area contributed by atoms with E-state index in [1.54, 1.807) is 74.9 Å². The summed E-state index contributed by atoms with van der Waals surface area (Å²) < 4.78 is 10.3. The lowest BCUT2D eigenvalue weighted by Crippen LogP contribution is -2.56. The molecule has 0 radical (unpaired) electrons. The van der Waals surface area contributed by atoms with Gasteiger partial charge in [-0.1, -0.05) is 127 Å². The van der Waals surface area contributed by atoms with Crippen molar-refractivity contribution in [2.75, 3.05) is 13.2 Å². The molecule has 0 aliphatic heterocycles. The van der Waals surface area contributed by atoms with E-state index in [9.17, 15) is 33.9 Å². The number of nitrogens with two attached hydrogens (primary N) is 1. The summed E-state index contributed by atoms with van der Waals surface area (Å²) >= 11 is 0. The Morgan fingerprint density at radius 3 is 1.14 bits per heavy atom. The number of carbonyl (C=O) groups excluding carboxylic acids is 4. The van der Waals surface area contributed by atoms with E-state index in [2.05, 4.69) is 25.6 Å². The molecule has 404 valence electrons. The Bertz CT molecular complexity index is 3730. The first kappa shape index (κ1) is 55.1. The van der Waals surface area contributed by atoms with Gasteiger partial charge in [0.25, 0.3) is 11.8 Å². The van der Waals surface area contributed by atoms with Gasteiger partial charge in [-0.05, 0) is 83.6 Å². The van der Waals surface area contributed by atoms with Crippen molar-refractivity contribution in [3.63, 3.8) is 0 Å². The van der Waals surface area contributed by atoms with Crippen LogP contribution in [0.3, 0.4) is 0 Å². The third kappa shape index (κ3) is 11.8. The first-order valence-corrected chi connectivity index (χ1v) is 26.1. The highest BCUT2D eigenvalue weighted by atomic mass is 16.5. The van der Waals surface area contributed by atoms with Crippen molar-refractivity contribution in [1.82, 2.24) is 25.6 Å². The normalized spacial score (nSPS) is 14.4. The summed E-state index contributed by atoms with van der Waals surface area (Å²) in [5.74, 6) is -3.39. The molecule has 80 heavy (non-hydrogen) atoms. The summed E-state index contributed by atoms with van der Waals surface area (Å²) in [7, 11) is 0. The zero-order valence-corrected chi connectivity index (χ0v) is 44.1. The highest BCUT2D eigenvalue weighted by Gasteiger charge is 2.48. The first-order valence-electron chi connectivity index (χ1n) is 26.1. The van der Waals surface area contributed by atoms with Gasteiger partial charge < -0.3 is 36.1 Å². The molecule has 0 bridgehead atoms. The molecule has 0 atom stereocenters. The third-order valence-electron chi connectivity index (χ3n) is 14.4. The van der Waals surface area contributed by atoms with Gasteiger partial charge in [-0.2, -0.15) is 0 Å². The Labute approximate surface area is 461 Å². The number of hydrogen-bond donors (Lipinski definition) is 5. The van der Waals surface area contributed by atoms with Crippen LogP contribution in [-0.4, -0.2) is 90.7 Å². The van der Waals surface area contributed by atoms with Crippen LogP contribution in [0.2, 0.25) is 0 Å². The maximum atomic E-state index is 13.1. The largest absolute Gasteiger partial charge is 0.479 e. The summed E-state index contributed by atoms with van der Waals surface area (Å²) in [6, 6.07) is 50.3. The molecule has 3 aliphatic carbocycles. The molecule has 2 amide bonds. The van der Waals surface area contributed by atoms with Crippen molar-refractivity contribution in [1.29, 1.82) is 0 Å². The number of amides is 2. The van der Waals surface area contributed by atoms with Crippen LogP contribution in [0.25, 0.3) is 32.7 Å². The average molecular weight is 1070 g/mol. The van der Waals surface area contributed by atoms with Crippen LogP contribution in [0.5, 0.6) is 0 Å². The number of carboxylic acid groups (broad SMARTS) is 2. The predicted molar refractivity (Wildman–Crippen MR) is 302 cm³/mol. The number of aliphatic carboxylic acids is 1. The average Bonchev–Trinajstić information content (AvgIpc) is 4.18. The lowest BCUT2D eigenvalue weighted by atomic mass is 9.94. The Kier molecular flexibility index (Phi) is 16.5. The topological polar surface area (TPSA) is 250 Å². The fraction of sp³-hybridized carbons (Fsp3) is 0.203. The first-order chi connectivity index (χ1) is 38.7. The maximum Gasteiger partial charge on any atom is 0.337 e. The van der Waals surface area contributed by atoms with Crippen LogP contribution < -0.4 is 16.4 Å². The van der Waals surface area contributed by atoms with Gasteiger partial charge in [0.1, 0.15) is 16.6 Å². The molecule has 3 heterocycles. The lowest BCUT2D eigenvalue weighted by molar-refractivity contribution is -0.150. The quantitative estimate of drug-likeness (QED) is 0.0805. The number of carboxylic acids is 2. The molecule has 16 nitrogen and oxygen atoms in total. The van der Waals surface area contributed by atoms with E-state index < -0.39 is 40.4 Å². The number of aromatic nitrogens is 3.